The number of hydrogen-bond acceptors (Lipinski definition) is 4. The minimum Gasteiger partial charge on any atom is -0.390 e. The number of ketones is 1. The first-order chi connectivity index (χ1) is 16.3. The summed E-state index contributed by atoms with van der Waals surface area (Å²) >= 11 is 0. The van der Waals surface area contributed by atoms with Crippen molar-refractivity contribution in [2.24, 2.45) is 40.9 Å². The molecule has 8 unspecified atom stereocenters. The summed E-state index contributed by atoms with van der Waals surface area (Å²) in [5.74, 6) is 3.58. The normalized spacial score (nSPS) is 41.6. The minimum absolute atomic E-state index is 0.0681. The van der Waals surface area contributed by atoms with Crippen LogP contribution in [-0.4, -0.2) is 31.5 Å². The van der Waals surface area contributed by atoms with E-state index in [4.69, 9.17) is 0 Å². The van der Waals surface area contributed by atoms with Gasteiger partial charge in [0.05, 0.1) is 5.60 Å². The molecule has 1 heterocycles. The molecule has 1 aromatic carbocycles. The molecule has 6 heteroatoms. The number of benzene rings is 1. The lowest BCUT2D eigenvalue weighted by molar-refractivity contribution is -0.133. The first-order valence-electron chi connectivity index (χ1n) is 13.6. The molecule has 1 N–H and O–H groups in total. The van der Waals surface area contributed by atoms with Gasteiger partial charge in [0.15, 0.2) is 5.78 Å². The summed E-state index contributed by atoms with van der Waals surface area (Å²) in [6, 6.07) is 4.38. The van der Waals surface area contributed by atoms with Crippen LogP contribution in [0.25, 0.3) is 11.0 Å². The van der Waals surface area contributed by atoms with Gasteiger partial charge in [0, 0.05) is 12.0 Å². The maximum absolute atomic E-state index is 13.5. The number of hydrogen-bond donors (Lipinski definition) is 1. The molecule has 5 nitrogen and oxygen atoms in total. The maximum Gasteiger partial charge on any atom is 0.159 e. The highest BCUT2D eigenvalue weighted by molar-refractivity contribution is 5.82. The van der Waals surface area contributed by atoms with Gasteiger partial charge in [-0.3, -0.25) is 4.79 Å². The van der Waals surface area contributed by atoms with Crippen molar-refractivity contribution < 1.29 is 14.3 Å². The number of rotatable bonds is 4. The summed E-state index contributed by atoms with van der Waals surface area (Å²) in [6.07, 6.45) is 11.0. The summed E-state index contributed by atoms with van der Waals surface area (Å²) in [6.45, 7) is 4.69. The molecule has 0 bridgehead atoms. The van der Waals surface area contributed by atoms with Crippen LogP contribution in [0.15, 0.2) is 18.2 Å². The zero-order valence-electron chi connectivity index (χ0n) is 20.5. The highest BCUT2D eigenvalue weighted by Crippen LogP contribution is 2.64. The Kier molecular flexibility index (Phi) is 5.40. The Labute approximate surface area is 201 Å². The van der Waals surface area contributed by atoms with E-state index in [1.165, 1.54) is 42.6 Å². The molecule has 2 aromatic rings. The van der Waals surface area contributed by atoms with Gasteiger partial charge in [-0.2, -0.15) is 15.0 Å². The van der Waals surface area contributed by atoms with E-state index in [2.05, 4.69) is 24.0 Å². The van der Waals surface area contributed by atoms with Crippen molar-refractivity contribution in [1.82, 2.24) is 15.0 Å². The van der Waals surface area contributed by atoms with Gasteiger partial charge in [0.2, 0.25) is 0 Å². The molecule has 1 aromatic heterocycles. The standard InChI is InChI=1S/C28H38FN3O2/c1-3-28(34)13-11-19-17(15-28)4-6-21-20(19)10-12-27(2)22(21)7-8-23(27)26(33)16-32-30-24-9-5-18(29)14-25(24)31-32/h5,9,14,17,19-23,34H,3-4,6-8,10-13,15-16H2,1-2H3. The van der Waals surface area contributed by atoms with E-state index in [1.54, 1.807) is 6.07 Å². The summed E-state index contributed by atoms with van der Waals surface area (Å²) in [5.41, 5.74) is 0.773. The topological polar surface area (TPSA) is 68.0 Å². The predicted molar refractivity (Wildman–Crippen MR) is 128 cm³/mol. The quantitative estimate of drug-likeness (QED) is 0.640. The highest BCUT2D eigenvalue weighted by atomic mass is 19.1. The fraction of sp³-hybridized carbons (Fsp3) is 0.750. The van der Waals surface area contributed by atoms with Crippen molar-refractivity contribution in [2.75, 3.05) is 0 Å². The third-order valence-corrected chi connectivity index (χ3v) is 10.8. The average molecular weight is 468 g/mol. The number of Topliss-reactive ketones (excluding diaryl/α,β-unsaturated/α-hetero) is 1. The number of carbonyl (C=O) groups excluding carboxylic acids is 1. The Hall–Kier alpha value is -1.82. The van der Waals surface area contributed by atoms with E-state index in [1.807, 2.05) is 0 Å². The largest absolute Gasteiger partial charge is 0.390 e. The molecule has 4 aliphatic rings. The summed E-state index contributed by atoms with van der Waals surface area (Å²) in [4.78, 5) is 15.0. The summed E-state index contributed by atoms with van der Waals surface area (Å²) < 4.78 is 13.5. The number of nitrogens with zero attached hydrogens (tertiary/aromatic N) is 3. The van der Waals surface area contributed by atoms with Gasteiger partial charge in [-0.15, -0.1) is 0 Å². The van der Waals surface area contributed by atoms with Crippen molar-refractivity contribution in [3.8, 4) is 0 Å². The molecule has 4 saturated carbocycles. The van der Waals surface area contributed by atoms with Crippen molar-refractivity contribution in [3.63, 3.8) is 0 Å². The van der Waals surface area contributed by atoms with E-state index in [9.17, 15) is 14.3 Å². The monoisotopic (exact) mass is 467 g/mol. The van der Waals surface area contributed by atoms with Crippen LogP contribution in [0.5, 0.6) is 0 Å². The van der Waals surface area contributed by atoms with Crippen LogP contribution >= 0.6 is 0 Å². The molecule has 0 spiro atoms. The second-order valence-corrected chi connectivity index (χ2v) is 12.3. The highest BCUT2D eigenvalue weighted by Gasteiger charge is 2.58. The van der Waals surface area contributed by atoms with E-state index < -0.39 is 5.60 Å². The second-order valence-electron chi connectivity index (χ2n) is 12.3. The van der Waals surface area contributed by atoms with Gasteiger partial charge in [-0.25, -0.2) is 4.39 Å². The Morgan fingerprint density at radius 3 is 2.68 bits per heavy atom. The molecule has 0 radical (unpaired) electrons. The summed E-state index contributed by atoms with van der Waals surface area (Å²) in [7, 11) is 0. The number of aromatic nitrogens is 3. The lowest BCUT2D eigenvalue weighted by Gasteiger charge is -2.57. The average Bonchev–Trinajstić information content (AvgIpc) is 3.38. The van der Waals surface area contributed by atoms with Crippen LogP contribution in [0.4, 0.5) is 4.39 Å². The van der Waals surface area contributed by atoms with Gasteiger partial charge < -0.3 is 5.11 Å². The minimum atomic E-state index is -0.431. The smallest absolute Gasteiger partial charge is 0.159 e. The molecule has 34 heavy (non-hydrogen) atoms. The third kappa shape index (κ3) is 3.54. The number of fused-ring (bicyclic) bond motifs is 6. The SMILES string of the molecule is CCC1(O)CCC2C(CCC3C2CCC2(C)C(C(=O)Cn4nc5ccc(F)cc5n4)CCC32)C1. The van der Waals surface area contributed by atoms with Gasteiger partial charge in [0.1, 0.15) is 23.4 Å². The van der Waals surface area contributed by atoms with E-state index in [-0.39, 0.29) is 29.5 Å². The van der Waals surface area contributed by atoms with Crippen molar-refractivity contribution in [3.05, 3.63) is 24.0 Å². The second kappa shape index (κ2) is 8.11. The van der Waals surface area contributed by atoms with Crippen molar-refractivity contribution in [2.45, 2.75) is 90.2 Å². The zero-order chi connectivity index (χ0) is 23.7. The third-order valence-electron chi connectivity index (χ3n) is 10.8. The first-order valence-corrected chi connectivity index (χ1v) is 13.6. The lowest BCUT2D eigenvalue weighted by atomic mass is 9.48. The molecular weight excluding hydrogens is 429 g/mol. The van der Waals surface area contributed by atoms with E-state index >= 15 is 0 Å². The van der Waals surface area contributed by atoms with Crippen molar-refractivity contribution in [1.29, 1.82) is 0 Å². The Balaban J connectivity index is 1.17. The molecule has 6 rings (SSSR count). The number of carbonyl (C=O) groups is 1. The fourth-order valence-corrected chi connectivity index (χ4v) is 9.07. The lowest BCUT2D eigenvalue weighted by Crippen LogP contribution is -2.51. The molecule has 0 saturated heterocycles. The maximum atomic E-state index is 13.5. The molecule has 8 atom stereocenters. The van der Waals surface area contributed by atoms with Crippen molar-refractivity contribution >= 4 is 16.8 Å². The van der Waals surface area contributed by atoms with Crippen LogP contribution in [0.1, 0.15) is 78.1 Å². The van der Waals surface area contributed by atoms with Gasteiger partial charge in [-0.1, -0.05) is 13.8 Å². The van der Waals surface area contributed by atoms with Crippen LogP contribution < -0.4 is 0 Å². The van der Waals surface area contributed by atoms with Gasteiger partial charge in [0.25, 0.3) is 0 Å². The molecule has 4 fully saturated rings. The van der Waals surface area contributed by atoms with Crippen LogP contribution in [0.2, 0.25) is 0 Å². The number of aliphatic hydroxyl groups is 1. The molecule has 0 amide bonds. The first kappa shape index (κ1) is 22.6. The van der Waals surface area contributed by atoms with Gasteiger partial charge >= 0.3 is 0 Å². The molecular formula is C28H38FN3O2. The summed E-state index contributed by atoms with van der Waals surface area (Å²) in [5, 5.41) is 19.7. The predicted octanol–water partition coefficient (Wildman–Crippen LogP) is 5.55. The Bertz CT molecular complexity index is 1100. The number of halogens is 1. The molecule has 0 aliphatic heterocycles. The van der Waals surface area contributed by atoms with Gasteiger partial charge in [-0.05, 0) is 111 Å². The Morgan fingerprint density at radius 1 is 1.06 bits per heavy atom. The van der Waals surface area contributed by atoms with E-state index in [0.29, 0.717) is 22.9 Å². The van der Waals surface area contributed by atoms with Crippen LogP contribution in [-0.2, 0) is 11.3 Å². The van der Waals surface area contributed by atoms with Crippen LogP contribution in [0, 0.1) is 46.7 Å². The zero-order valence-corrected chi connectivity index (χ0v) is 20.5. The fourth-order valence-electron chi connectivity index (χ4n) is 9.07. The molecule has 4 aliphatic carbocycles. The Morgan fingerprint density at radius 2 is 1.85 bits per heavy atom. The van der Waals surface area contributed by atoms with E-state index in [0.717, 1.165) is 56.3 Å². The van der Waals surface area contributed by atoms with Crippen LogP contribution in [0.3, 0.4) is 0 Å². The molecule has 184 valence electrons.